The molecule has 0 bridgehead atoms. The number of para-hydroxylation sites is 1. The average molecular weight is 321 g/mol. The van der Waals surface area contributed by atoms with E-state index in [1.165, 1.54) is 11.0 Å². The Morgan fingerprint density at radius 2 is 2.00 bits per heavy atom. The number of rotatable bonds is 3. The maximum absolute atomic E-state index is 12.5. The highest BCUT2D eigenvalue weighted by molar-refractivity contribution is 5.94. The first-order chi connectivity index (χ1) is 11.8. The maximum Gasteiger partial charge on any atom is 0.251 e. The highest BCUT2D eigenvalue weighted by Gasteiger charge is 2.23. The summed E-state index contributed by atoms with van der Waals surface area (Å²) in [6.07, 6.45) is 2.26. The van der Waals surface area contributed by atoms with E-state index in [4.69, 9.17) is 4.74 Å². The lowest BCUT2D eigenvalue weighted by Crippen LogP contribution is -2.32. The van der Waals surface area contributed by atoms with Crippen LogP contribution in [0.5, 0.6) is 5.75 Å². The lowest BCUT2D eigenvalue weighted by molar-refractivity contribution is 0.0925. The molecule has 1 aliphatic heterocycles. The molecule has 0 aliphatic carbocycles. The molecule has 7 nitrogen and oxygen atoms in total. The van der Waals surface area contributed by atoms with Crippen molar-refractivity contribution in [2.45, 2.75) is 12.5 Å². The number of ether oxygens (including phenoxy) is 1. The van der Waals surface area contributed by atoms with E-state index in [1.807, 2.05) is 36.4 Å². The minimum absolute atomic E-state index is 0.0401. The third-order valence-corrected chi connectivity index (χ3v) is 4.01. The second kappa shape index (κ2) is 6.11. The van der Waals surface area contributed by atoms with E-state index in [9.17, 15) is 4.79 Å². The molecule has 0 spiro atoms. The Kier molecular flexibility index (Phi) is 3.66. The van der Waals surface area contributed by atoms with Gasteiger partial charge in [0.15, 0.2) is 0 Å². The van der Waals surface area contributed by atoms with E-state index in [1.54, 1.807) is 12.1 Å². The molecule has 2 aromatic carbocycles. The largest absolute Gasteiger partial charge is 0.493 e. The van der Waals surface area contributed by atoms with Gasteiger partial charge in [-0.15, -0.1) is 5.10 Å². The van der Waals surface area contributed by atoms with Crippen molar-refractivity contribution in [1.82, 2.24) is 25.5 Å². The molecule has 0 unspecified atom stereocenters. The molecule has 120 valence electrons. The quantitative estimate of drug-likeness (QED) is 0.797. The Bertz CT molecular complexity index is 846. The van der Waals surface area contributed by atoms with Crippen LogP contribution in [0, 0.1) is 0 Å². The fraction of sp³-hybridized carbons (Fsp3) is 0.176. The lowest BCUT2D eigenvalue weighted by Gasteiger charge is -2.26. The van der Waals surface area contributed by atoms with Gasteiger partial charge in [0.2, 0.25) is 0 Å². The van der Waals surface area contributed by atoms with Gasteiger partial charge in [-0.3, -0.25) is 4.79 Å². The number of fused-ring (bicyclic) bond motifs is 1. The average Bonchev–Trinajstić information content (AvgIpc) is 3.17. The van der Waals surface area contributed by atoms with Crippen molar-refractivity contribution in [3.05, 3.63) is 66.0 Å². The Hall–Kier alpha value is -3.22. The van der Waals surface area contributed by atoms with Crippen LogP contribution in [0.1, 0.15) is 28.4 Å². The van der Waals surface area contributed by atoms with Crippen molar-refractivity contribution in [3.63, 3.8) is 0 Å². The fourth-order valence-electron chi connectivity index (χ4n) is 2.78. The van der Waals surface area contributed by atoms with Crippen molar-refractivity contribution >= 4 is 5.91 Å². The first-order valence-electron chi connectivity index (χ1n) is 7.67. The van der Waals surface area contributed by atoms with Gasteiger partial charge >= 0.3 is 0 Å². The predicted octanol–water partition coefficient (Wildman–Crippen LogP) is 1.92. The van der Waals surface area contributed by atoms with Crippen molar-refractivity contribution in [2.75, 3.05) is 6.61 Å². The van der Waals surface area contributed by atoms with E-state index in [0.29, 0.717) is 12.2 Å². The summed E-state index contributed by atoms with van der Waals surface area (Å²) < 4.78 is 7.16. The Balaban J connectivity index is 1.51. The Morgan fingerprint density at radius 1 is 1.17 bits per heavy atom. The van der Waals surface area contributed by atoms with Crippen molar-refractivity contribution < 1.29 is 9.53 Å². The van der Waals surface area contributed by atoms with Gasteiger partial charge in [-0.2, -0.15) is 0 Å². The van der Waals surface area contributed by atoms with Crippen molar-refractivity contribution in [3.8, 4) is 11.4 Å². The number of nitrogens with zero attached hydrogens (tertiary/aromatic N) is 4. The number of amides is 1. The summed E-state index contributed by atoms with van der Waals surface area (Å²) in [6, 6.07) is 14.9. The molecule has 0 saturated heterocycles. The van der Waals surface area contributed by atoms with Crippen LogP contribution in [-0.4, -0.2) is 32.7 Å². The number of benzene rings is 2. The normalized spacial score (nSPS) is 16.1. The van der Waals surface area contributed by atoms with Crippen molar-refractivity contribution in [2.24, 2.45) is 0 Å². The molecule has 3 aromatic rings. The van der Waals surface area contributed by atoms with Crippen LogP contribution in [0.3, 0.4) is 0 Å². The number of aromatic nitrogens is 4. The first-order valence-corrected chi connectivity index (χ1v) is 7.67. The number of carbonyl (C=O) groups excluding carboxylic acids is 1. The Labute approximate surface area is 138 Å². The minimum atomic E-state index is -0.111. The summed E-state index contributed by atoms with van der Waals surface area (Å²) >= 11 is 0. The first kappa shape index (κ1) is 14.4. The lowest BCUT2D eigenvalue weighted by atomic mass is 10.00. The zero-order chi connectivity index (χ0) is 16.4. The van der Waals surface area contributed by atoms with Crippen LogP contribution in [-0.2, 0) is 0 Å². The van der Waals surface area contributed by atoms with Gasteiger partial charge in [0, 0.05) is 17.5 Å². The fourth-order valence-corrected chi connectivity index (χ4v) is 2.78. The summed E-state index contributed by atoms with van der Waals surface area (Å²) in [6.45, 7) is 0.597. The predicted molar refractivity (Wildman–Crippen MR) is 85.9 cm³/mol. The molecule has 1 aliphatic rings. The van der Waals surface area contributed by atoms with E-state index < -0.39 is 0 Å². The van der Waals surface area contributed by atoms with Crippen molar-refractivity contribution in [1.29, 1.82) is 0 Å². The van der Waals surface area contributed by atoms with Crippen LogP contribution in [0.25, 0.3) is 5.69 Å². The molecular weight excluding hydrogens is 306 g/mol. The van der Waals surface area contributed by atoms with Gasteiger partial charge in [-0.1, -0.05) is 18.2 Å². The SMILES string of the molecule is O=C(N[C@H]1CCOc2ccccc21)c1ccc(-n2cnnn2)cc1. The van der Waals surface area contributed by atoms with Crippen LogP contribution in [0.2, 0.25) is 0 Å². The van der Waals surface area contributed by atoms with Crippen LogP contribution in [0.4, 0.5) is 0 Å². The maximum atomic E-state index is 12.5. The summed E-state index contributed by atoms with van der Waals surface area (Å²) in [5, 5.41) is 14.1. The zero-order valence-electron chi connectivity index (χ0n) is 12.8. The van der Waals surface area contributed by atoms with Gasteiger partial charge in [-0.25, -0.2) is 4.68 Å². The van der Waals surface area contributed by atoms with E-state index in [0.717, 1.165) is 23.4 Å². The minimum Gasteiger partial charge on any atom is -0.493 e. The van der Waals surface area contributed by atoms with Gasteiger partial charge in [0.1, 0.15) is 12.1 Å². The standard InChI is InChI=1S/C17H15N5O2/c23-17(12-5-7-13(8-6-12)22-11-18-20-21-22)19-15-9-10-24-16-4-2-1-3-14(15)16/h1-8,11,15H,9-10H2,(H,19,23)/t15-/m0/s1. The van der Waals surface area contributed by atoms with Gasteiger partial charge in [-0.05, 0) is 40.8 Å². The highest BCUT2D eigenvalue weighted by atomic mass is 16.5. The molecule has 1 N–H and O–H groups in total. The number of tetrazole rings is 1. The van der Waals surface area contributed by atoms with Gasteiger partial charge < -0.3 is 10.1 Å². The van der Waals surface area contributed by atoms with E-state index in [2.05, 4.69) is 20.8 Å². The van der Waals surface area contributed by atoms with Gasteiger partial charge in [0.25, 0.3) is 5.91 Å². The summed E-state index contributed by atoms with van der Waals surface area (Å²) in [4.78, 5) is 12.5. The second-order valence-corrected chi connectivity index (χ2v) is 5.50. The molecule has 2 heterocycles. The molecule has 0 fully saturated rings. The molecule has 0 radical (unpaired) electrons. The molecule has 4 rings (SSSR count). The summed E-state index contributed by atoms with van der Waals surface area (Å²) in [7, 11) is 0. The Morgan fingerprint density at radius 3 is 2.79 bits per heavy atom. The van der Waals surface area contributed by atoms with Gasteiger partial charge in [0.05, 0.1) is 18.3 Å². The molecule has 7 heteroatoms. The number of carbonyl (C=O) groups is 1. The number of hydrogen-bond donors (Lipinski definition) is 1. The number of hydrogen-bond acceptors (Lipinski definition) is 5. The van der Waals surface area contributed by atoms with Crippen LogP contribution in [0.15, 0.2) is 54.9 Å². The molecule has 1 atom stereocenters. The smallest absolute Gasteiger partial charge is 0.251 e. The van der Waals surface area contributed by atoms with E-state index in [-0.39, 0.29) is 11.9 Å². The molecule has 24 heavy (non-hydrogen) atoms. The molecule has 1 amide bonds. The van der Waals surface area contributed by atoms with E-state index >= 15 is 0 Å². The van der Waals surface area contributed by atoms with Crippen LogP contribution >= 0.6 is 0 Å². The zero-order valence-corrected chi connectivity index (χ0v) is 12.8. The summed E-state index contributed by atoms with van der Waals surface area (Å²) in [5.41, 5.74) is 2.41. The number of nitrogens with one attached hydrogen (secondary N) is 1. The summed E-state index contributed by atoms with van der Waals surface area (Å²) in [5.74, 6) is 0.725. The second-order valence-electron chi connectivity index (χ2n) is 5.50. The monoisotopic (exact) mass is 321 g/mol. The van der Waals surface area contributed by atoms with Crippen LogP contribution < -0.4 is 10.1 Å². The molecule has 1 aromatic heterocycles. The molecular formula is C17H15N5O2. The highest BCUT2D eigenvalue weighted by Crippen LogP contribution is 2.31. The topological polar surface area (TPSA) is 81.9 Å². The third kappa shape index (κ3) is 2.71. The third-order valence-electron chi connectivity index (χ3n) is 4.01. The molecule has 0 saturated carbocycles.